The zero-order chi connectivity index (χ0) is 20.2. The van der Waals surface area contributed by atoms with Gasteiger partial charge in [0.1, 0.15) is 0 Å². The van der Waals surface area contributed by atoms with Crippen molar-refractivity contribution in [1.82, 2.24) is 4.90 Å². The van der Waals surface area contributed by atoms with E-state index < -0.39 is 0 Å². The van der Waals surface area contributed by atoms with Crippen LogP contribution in [0, 0.1) is 6.92 Å². The SMILES string of the molecule is Cc1c(NC(=O)CCc2ccccc2)cccc1C(=O)N1CCc2sccc2C1. The molecule has 0 spiro atoms. The number of nitrogens with zero attached hydrogens (tertiary/aromatic N) is 1. The van der Waals surface area contributed by atoms with Crippen LogP contribution < -0.4 is 5.32 Å². The molecule has 0 fully saturated rings. The first-order valence-electron chi connectivity index (χ1n) is 9.90. The molecule has 0 unspecified atom stereocenters. The Morgan fingerprint density at radius 1 is 1.07 bits per heavy atom. The fourth-order valence-electron chi connectivity index (χ4n) is 3.71. The third-order valence-corrected chi connectivity index (χ3v) is 6.44. The van der Waals surface area contributed by atoms with Crippen LogP contribution in [0.3, 0.4) is 0 Å². The number of carbonyl (C=O) groups is 2. The molecule has 4 rings (SSSR count). The van der Waals surface area contributed by atoms with Crippen molar-refractivity contribution in [3.05, 3.63) is 87.1 Å². The van der Waals surface area contributed by atoms with Crippen molar-refractivity contribution >= 4 is 28.8 Å². The number of hydrogen-bond donors (Lipinski definition) is 1. The lowest BCUT2D eigenvalue weighted by Gasteiger charge is -2.28. The first-order chi connectivity index (χ1) is 14.1. The fraction of sp³-hybridized carbons (Fsp3) is 0.250. The lowest BCUT2D eigenvalue weighted by atomic mass is 10.0. The van der Waals surface area contributed by atoms with E-state index in [0.29, 0.717) is 30.6 Å². The number of rotatable bonds is 5. The number of carbonyl (C=O) groups excluding carboxylic acids is 2. The van der Waals surface area contributed by atoms with Gasteiger partial charge < -0.3 is 10.2 Å². The van der Waals surface area contributed by atoms with Crippen LogP contribution in [0.5, 0.6) is 0 Å². The quantitative estimate of drug-likeness (QED) is 0.662. The molecule has 2 aromatic carbocycles. The van der Waals surface area contributed by atoms with Gasteiger partial charge in [-0.05, 0) is 60.0 Å². The molecular formula is C24H24N2O2S. The molecule has 5 heteroatoms. The molecule has 1 aliphatic rings. The minimum Gasteiger partial charge on any atom is -0.334 e. The van der Waals surface area contributed by atoms with E-state index in [1.807, 2.05) is 60.4 Å². The van der Waals surface area contributed by atoms with Gasteiger partial charge in [0.2, 0.25) is 5.91 Å². The van der Waals surface area contributed by atoms with Crippen molar-refractivity contribution in [3.8, 4) is 0 Å². The lowest BCUT2D eigenvalue weighted by Crippen LogP contribution is -2.35. The molecule has 0 atom stereocenters. The Kier molecular flexibility index (Phi) is 5.76. The van der Waals surface area contributed by atoms with Crippen molar-refractivity contribution in [1.29, 1.82) is 0 Å². The summed E-state index contributed by atoms with van der Waals surface area (Å²) in [6, 6.07) is 17.6. The molecule has 2 heterocycles. The average Bonchev–Trinajstić information content (AvgIpc) is 3.22. The van der Waals surface area contributed by atoms with Gasteiger partial charge in [-0.2, -0.15) is 0 Å². The second-order valence-corrected chi connectivity index (χ2v) is 8.36. The van der Waals surface area contributed by atoms with Gasteiger partial charge in [0.25, 0.3) is 5.91 Å². The first-order valence-corrected chi connectivity index (χ1v) is 10.8. The van der Waals surface area contributed by atoms with E-state index in [0.717, 1.165) is 24.1 Å². The Morgan fingerprint density at radius 3 is 2.72 bits per heavy atom. The monoisotopic (exact) mass is 404 g/mol. The van der Waals surface area contributed by atoms with Gasteiger partial charge in [0, 0.05) is 35.6 Å². The van der Waals surface area contributed by atoms with Crippen LogP contribution in [0.4, 0.5) is 5.69 Å². The maximum atomic E-state index is 13.1. The minimum atomic E-state index is -0.0394. The highest BCUT2D eigenvalue weighted by atomic mass is 32.1. The summed E-state index contributed by atoms with van der Waals surface area (Å²) in [5, 5.41) is 5.07. The zero-order valence-corrected chi connectivity index (χ0v) is 17.3. The number of hydrogen-bond acceptors (Lipinski definition) is 3. The molecule has 1 N–H and O–H groups in total. The van der Waals surface area contributed by atoms with E-state index in [-0.39, 0.29) is 11.8 Å². The summed E-state index contributed by atoms with van der Waals surface area (Å²) in [6.07, 6.45) is 2.02. The van der Waals surface area contributed by atoms with E-state index in [9.17, 15) is 9.59 Å². The summed E-state index contributed by atoms with van der Waals surface area (Å²) in [4.78, 5) is 28.8. The predicted octanol–water partition coefficient (Wildman–Crippen LogP) is 4.83. The second kappa shape index (κ2) is 8.62. The van der Waals surface area contributed by atoms with Crippen molar-refractivity contribution < 1.29 is 9.59 Å². The van der Waals surface area contributed by atoms with Gasteiger partial charge in [-0.1, -0.05) is 36.4 Å². The highest BCUT2D eigenvalue weighted by Gasteiger charge is 2.24. The third kappa shape index (κ3) is 4.40. The molecule has 3 aromatic rings. The zero-order valence-electron chi connectivity index (χ0n) is 16.5. The molecular weight excluding hydrogens is 380 g/mol. The van der Waals surface area contributed by atoms with Crippen LogP contribution in [0.1, 0.15) is 38.3 Å². The van der Waals surface area contributed by atoms with E-state index in [1.54, 1.807) is 11.3 Å². The maximum Gasteiger partial charge on any atom is 0.254 e. The molecule has 148 valence electrons. The number of amides is 2. The van der Waals surface area contributed by atoms with Crippen LogP contribution in [-0.4, -0.2) is 23.3 Å². The Bertz CT molecular complexity index is 1030. The summed E-state index contributed by atoms with van der Waals surface area (Å²) in [7, 11) is 0. The van der Waals surface area contributed by atoms with Crippen LogP contribution in [-0.2, 0) is 24.2 Å². The molecule has 2 amide bonds. The minimum absolute atomic E-state index is 0.0275. The molecule has 29 heavy (non-hydrogen) atoms. The maximum absolute atomic E-state index is 13.1. The highest BCUT2D eigenvalue weighted by molar-refractivity contribution is 7.10. The summed E-state index contributed by atoms with van der Waals surface area (Å²) >= 11 is 1.76. The van der Waals surface area contributed by atoms with E-state index in [1.165, 1.54) is 10.4 Å². The van der Waals surface area contributed by atoms with Gasteiger partial charge in [-0.15, -0.1) is 11.3 Å². The summed E-state index contributed by atoms with van der Waals surface area (Å²) in [5.41, 5.74) is 4.58. The first kappa shape index (κ1) is 19.4. The molecule has 0 saturated carbocycles. The Morgan fingerprint density at radius 2 is 1.90 bits per heavy atom. The van der Waals surface area contributed by atoms with E-state index in [2.05, 4.69) is 16.8 Å². The smallest absolute Gasteiger partial charge is 0.254 e. The number of anilines is 1. The number of benzene rings is 2. The highest BCUT2D eigenvalue weighted by Crippen LogP contribution is 2.27. The predicted molar refractivity (Wildman–Crippen MR) is 117 cm³/mol. The molecule has 1 aromatic heterocycles. The Labute approximate surface area is 175 Å². The van der Waals surface area contributed by atoms with Gasteiger partial charge in [0.05, 0.1) is 0 Å². The van der Waals surface area contributed by atoms with Crippen molar-refractivity contribution in [3.63, 3.8) is 0 Å². The molecule has 0 radical (unpaired) electrons. The Hall–Kier alpha value is -2.92. The molecule has 0 saturated heterocycles. The largest absolute Gasteiger partial charge is 0.334 e. The van der Waals surface area contributed by atoms with Gasteiger partial charge in [-0.3, -0.25) is 9.59 Å². The normalized spacial score (nSPS) is 13.1. The van der Waals surface area contributed by atoms with Crippen molar-refractivity contribution in [2.45, 2.75) is 32.7 Å². The van der Waals surface area contributed by atoms with Crippen LogP contribution in [0.25, 0.3) is 0 Å². The molecule has 1 aliphatic heterocycles. The average molecular weight is 405 g/mol. The van der Waals surface area contributed by atoms with Gasteiger partial charge >= 0.3 is 0 Å². The van der Waals surface area contributed by atoms with E-state index in [4.69, 9.17) is 0 Å². The fourth-order valence-corrected chi connectivity index (χ4v) is 4.60. The number of fused-ring (bicyclic) bond motifs is 1. The third-order valence-electron chi connectivity index (χ3n) is 5.42. The second-order valence-electron chi connectivity index (χ2n) is 7.36. The summed E-state index contributed by atoms with van der Waals surface area (Å²) in [5.74, 6) is -0.0119. The standard InChI is InChI=1S/C24H24N2O2S/c1-17-20(24(28)26-14-12-22-19(16-26)13-15-29-22)8-5-9-21(17)25-23(27)11-10-18-6-3-2-4-7-18/h2-9,13,15H,10-12,14,16H2,1H3,(H,25,27). The van der Waals surface area contributed by atoms with Crippen LogP contribution in [0.2, 0.25) is 0 Å². The van der Waals surface area contributed by atoms with E-state index >= 15 is 0 Å². The van der Waals surface area contributed by atoms with Crippen molar-refractivity contribution in [2.75, 3.05) is 11.9 Å². The number of nitrogens with one attached hydrogen (secondary N) is 1. The summed E-state index contributed by atoms with van der Waals surface area (Å²) in [6.45, 7) is 3.30. The molecule has 0 bridgehead atoms. The van der Waals surface area contributed by atoms with Gasteiger partial charge in [0.15, 0.2) is 0 Å². The summed E-state index contributed by atoms with van der Waals surface area (Å²) < 4.78 is 0. The van der Waals surface area contributed by atoms with Gasteiger partial charge in [-0.25, -0.2) is 0 Å². The molecule has 4 nitrogen and oxygen atoms in total. The number of aryl methyl sites for hydroxylation is 1. The molecule has 0 aliphatic carbocycles. The Balaban J connectivity index is 1.43. The van der Waals surface area contributed by atoms with Crippen LogP contribution in [0.15, 0.2) is 60.0 Å². The van der Waals surface area contributed by atoms with Crippen molar-refractivity contribution in [2.24, 2.45) is 0 Å². The number of thiophene rings is 1. The lowest BCUT2D eigenvalue weighted by molar-refractivity contribution is -0.116. The topological polar surface area (TPSA) is 49.4 Å². The van der Waals surface area contributed by atoms with Crippen LogP contribution >= 0.6 is 11.3 Å².